The molecule has 0 aliphatic heterocycles. The van der Waals surface area contributed by atoms with Gasteiger partial charge in [0.2, 0.25) is 5.91 Å². The number of hydrogen-bond donors (Lipinski definition) is 3. The van der Waals surface area contributed by atoms with Gasteiger partial charge in [0.25, 0.3) is 10.7 Å². The van der Waals surface area contributed by atoms with Gasteiger partial charge in [-0.3, -0.25) is 9.59 Å². The molecule has 2 amide bonds. The summed E-state index contributed by atoms with van der Waals surface area (Å²) in [6.45, 7) is 5.56. The number of carbonyl (C=O) groups excluding carboxylic acids is 2. The van der Waals surface area contributed by atoms with Gasteiger partial charge in [0.05, 0.1) is 5.52 Å². The number of nitrogens with two attached hydrogens (primary N) is 1. The van der Waals surface area contributed by atoms with Crippen LogP contribution in [-0.4, -0.2) is 22.3 Å². The number of primary amides is 1. The minimum Gasteiger partial charge on any atom is -0.429 e. The third-order valence-corrected chi connectivity index (χ3v) is 3.62. The molecule has 0 bridgehead atoms. The highest BCUT2D eigenvalue weighted by atomic mass is 32.1. The van der Waals surface area contributed by atoms with Crippen LogP contribution in [0.15, 0.2) is 22.6 Å². The number of aromatic amines is 1. The van der Waals surface area contributed by atoms with Crippen molar-refractivity contribution in [2.24, 2.45) is 11.7 Å². The lowest BCUT2D eigenvalue weighted by Crippen LogP contribution is -2.56. The summed E-state index contributed by atoms with van der Waals surface area (Å²) >= 11 is 4.91. The van der Waals surface area contributed by atoms with Crippen molar-refractivity contribution in [2.45, 2.75) is 32.7 Å². The van der Waals surface area contributed by atoms with E-state index in [4.69, 9.17) is 22.4 Å². The molecule has 0 spiro atoms. The number of H-pyrrole nitrogens is 1. The van der Waals surface area contributed by atoms with Crippen LogP contribution in [0.5, 0.6) is 0 Å². The first-order valence-corrected chi connectivity index (χ1v) is 7.37. The first-order valence-electron chi connectivity index (χ1n) is 6.96. The lowest BCUT2D eigenvalue weighted by atomic mass is 9.89. The highest BCUT2D eigenvalue weighted by Crippen LogP contribution is 2.19. The highest BCUT2D eigenvalue weighted by molar-refractivity contribution is 7.71. The lowest BCUT2D eigenvalue weighted by molar-refractivity contribution is -0.124. The van der Waals surface area contributed by atoms with Crippen LogP contribution in [0.2, 0.25) is 0 Å². The quantitative estimate of drug-likeness (QED) is 0.736. The standard InChI is InChI=1S/C15H19N3O3S/c1-8(2)7-15(3,13(16)20)18-12(19)9-4-5-10-11(6-9)21-14(22)17-10/h4-6,8H,7H2,1-3H3,(H2,16,20)(H,17,22)(H,18,19)/t15-/m0/s1. The zero-order valence-electron chi connectivity index (χ0n) is 12.7. The summed E-state index contributed by atoms with van der Waals surface area (Å²) in [4.78, 5) is 27.2. The summed E-state index contributed by atoms with van der Waals surface area (Å²) in [5.41, 5.74) is 5.92. The minimum absolute atomic E-state index is 0.211. The van der Waals surface area contributed by atoms with Crippen molar-refractivity contribution in [1.29, 1.82) is 0 Å². The molecule has 0 unspecified atom stereocenters. The Morgan fingerprint density at radius 1 is 1.45 bits per heavy atom. The molecule has 2 aromatic rings. The number of nitrogens with one attached hydrogen (secondary N) is 2. The maximum atomic E-state index is 12.4. The van der Waals surface area contributed by atoms with Gasteiger partial charge in [-0.25, -0.2) is 0 Å². The molecule has 1 atom stereocenters. The van der Waals surface area contributed by atoms with Gasteiger partial charge in [-0.2, -0.15) is 0 Å². The summed E-state index contributed by atoms with van der Waals surface area (Å²) in [5.74, 6) is -0.733. The van der Waals surface area contributed by atoms with E-state index in [1.54, 1.807) is 25.1 Å². The SMILES string of the molecule is CC(C)C[C@](C)(NC(=O)c1ccc2[nH]c(=S)oc2c1)C(N)=O. The number of oxazole rings is 1. The van der Waals surface area contributed by atoms with Gasteiger partial charge < -0.3 is 20.5 Å². The van der Waals surface area contributed by atoms with Crippen LogP contribution in [0.3, 0.4) is 0 Å². The second-order valence-corrected chi connectivity index (χ2v) is 6.34. The first kappa shape index (κ1) is 16.2. The van der Waals surface area contributed by atoms with Crippen LogP contribution in [0, 0.1) is 10.8 Å². The summed E-state index contributed by atoms with van der Waals surface area (Å²) in [6.07, 6.45) is 0.459. The smallest absolute Gasteiger partial charge is 0.266 e. The molecular formula is C15H19N3O3S. The second kappa shape index (κ2) is 5.92. The number of aromatic nitrogens is 1. The Bertz CT molecular complexity index is 778. The first-order chi connectivity index (χ1) is 10.2. The molecule has 0 aliphatic rings. The van der Waals surface area contributed by atoms with E-state index in [1.807, 2.05) is 13.8 Å². The topological polar surface area (TPSA) is 101 Å². The Labute approximate surface area is 133 Å². The van der Waals surface area contributed by atoms with E-state index in [0.717, 1.165) is 0 Å². The molecule has 1 aromatic heterocycles. The van der Waals surface area contributed by atoms with Crippen molar-refractivity contribution in [1.82, 2.24) is 10.3 Å². The predicted octanol–water partition coefficient (Wildman–Crippen LogP) is 2.51. The summed E-state index contributed by atoms with van der Waals surface area (Å²) in [5, 5.41) is 2.72. The van der Waals surface area contributed by atoms with Crippen molar-refractivity contribution >= 4 is 35.1 Å². The van der Waals surface area contributed by atoms with Crippen molar-refractivity contribution in [3.63, 3.8) is 0 Å². The Hall–Kier alpha value is -2.15. The van der Waals surface area contributed by atoms with Gasteiger partial charge in [0.1, 0.15) is 5.54 Å². The van der Waals surface area contributed by atoms with E-state index in [2.05, 4.69) is 10.3 Å². The molecule has 0 radical (unpaired) electrons. The average molecular weight is 321 g/mol. The Kier molecular flexibility index (Phi) is 4.37. The highest BCUT2D eigenvalue weighted by Gasteiger charge is 2.33. The summed E-state index contributed by atoms with van der Waals surface area (Å²) in [6, 6.07) is 4.91. The molecule has 0 saturated heterocycles. The Morgan fingerprint density at radius 2 is 2.14 bits per heavy atom. The molecule has 118 valence electrons. The molecule has 0 aliphatic carbocycles. The molecule has 22 heavy (non-hydrogen) atoms. The van der Waals surface area contributed by atoms with E-state index in [0.29, 0.717) is 23.1 Å². The molecule has 1 heterocycles. The number of rotatable bonds is 5. The van der Waals surface area contributed by atoms with Gasteiger partial charge in [-0.1, -0.05) is 13.8 Å². The van der Waals surface area contributed by atoms with Crippen molar-refractivity contribution in [3.8, 4) is 0 Å². The van der Waals surface area contributed by atoms with Crippen LogP contribution >= 0.6 is 12.2 Å². The normalized spacial score (nSPS) is 14.0. The zero-order chi connectivity index (χ0) is 16.5. The van der Waals surface area contributed by atoms with Gasteiger partial charge in [0, 0.05) is 5.56 Å². The van der Waals surface area contributed by atoms with Gasteiger partial charge in [-0.15, -0.1) is 0 Å². The molecule has 7 heteroatoms. The number of carbonyl (C=O) groups is 2. The van der Waals surface area contributed by atoms with E-state index in [1.165, 1.54) is 0 Å². The van der Waals surface area contributed by atoms with Crippen LogP contribution < -0.4 is 11.1 Å². The fourth-order valence-corrected chi connectivity index (χ4v) is 2.64. The monoisotopic (exact) mass is 321 g/mol. The predicted molar refractivity (Wildman–Crippen MR) is 85.9 cm³/mol. The van der Waals surface area contributed by atoms with Gasteiger partial charge in [-0.05, 0) is 49.7 Å². The third-order valence-electron chi connectivity index (χ3n) is 3.43. The molecule has 1 aromatic carbocycles. The fourth-order valence-electron chi connectivity index (χ4n) is 2.44. The number of hydrogen-bond acceptors (Lipinski definition) is 4. The maximum absolute atomic E-state index is 12.4. The van der Waals surface area contributed by atoms with E-state index < -0.39 is 11.4 Å². The summed E-state index contributed by atoms with van der Waals surface area (Å²) < 4.78 is 5.29. The number of amides is 2. The van der Waals surface area contributed by atoms with Gasteiger partial charge in [0.15, 0.2) is 5.58 Å². The maximum Gasteiger partial charge on any atom is 0.266 e. The van der Waals surface area contributed by atoms with Crippen LogP contribution in [-0.2, 0) is 4.79 Å². The van der Waals surface area contributed by atoms with E-state index in [9.17, 15) is 9.59 Å². The fraction of sp³-hybridized carbons (Fsp3) is 0.400. The van der Waals surface area contributed by atoms with Crippen LogP contribution in [0.4, 0.5) is 0 Å². The van der Waals surface area contributed by atoms with E-state index >= 15 is 0 Å². The van der Waals surface area contributed by atoms with Gasteiger partial charge >= 0.3 is 0 Å². The van der Waals surface area contributed by atoms with E-state index in [-0.39, 0.29) is 16.7 Å². The molecule has 4 N–H and O–H groups in total. The van der Waals surface area contributed by atoms with Crippen LogP contribution in [0.25, 0.3) is 11.1 Å². The summed E-state index contributed by atoms with van der Waals surface area (Å²) in [7, 11) is 0. The molecule has 0 fully saturated rings. The van der Waals surface area contributed by atoms with Crippen LogP contribution in [0.1, 0.15) is 37.6 Å². The molecular weight excluding hydrogens is 302 g/mol. The minimum atomic E-state index is -1.10. The second-order valence-electron chi connectivity index (χ2n) is 5.97. The average Bonchev–Trinajstić information content (AvgIpc) is 2.76. The Morgan fingerprint density at radius 3 is 2.73 bits per heavy atom. The largest absolute Gasteiger partial charge is 0.429 e. The molecule has 6 nitrogen and oxygen atoms in total. The Balaban J connectivity index is 2.28. The third kappa shape index (κ3) is 3.36. The van der Waals surface area contributed by atoms with Crippen molar-refractivity contribution < 1.29 is 14.0 Å². The zero-order valence-corrected chi connectivity index (χ0v) is 13.5. The van der Waals surface area contributed by atoms with Crippen molar-refractivity contribution in [3.05, 3.63) is 28.6 Å². The lowest BCUT2D eigenvalue weighted by Gasteiger charge is -2.29. The number of fused-ring (bicyclic) bond motifs is 1. The number of benzene rings is 1. The molecule has 0 saturated carbocycles. The van der Waals surface area contributed by atoms with Crippen molar-refractivity contribution in [2.75, 3.05) is 0 Å². The molecule has 2 rings (SSSR count).